The number of hydrogen-bond acceptors (Lipinski definition) is 5. The minimum absolute atomic E-state index is 0.0710. The van der Waals surface area contributed by atoms with Crippen molar-refractivity contribution in [2.45, 2.75) is 47.6 Å². The lowest BCUT2D eigenvalue weighted by atomic mass is 9.92. The molecule has 184 valence electrons. The van der Waals surface area contributed by atoms with Crippen LogP contribution in [0.3, 0.4) is 0 Å². The zero-order valence-corrected chi connectivity index (χ0v) is 21.3. The number of halogens is 1. The first-order valence-electron chi connectivity index (χ1n) is 11.3. The second-order valence-corrected chi connectivity index (χ2v) is 11.1. The SMILES string of the molecule is CC(C)(C)CC(=O)Nc1ccc(Cl)c(CN(CC(C)(C)CN)C(=O)c2ccc3c(c2)OCO3)c1. The molecule has 3 rings (SSSR count). The molecule has 1 aliphatic heterocycles. The summed E-state index contributed by atoms with van der Waals surface area (Å²) in [4.78, 5) is 27.7. The highest BCUT2D eigenvalue weighted by Gasteiger charge is 2.27. The average Bonchev–Trinajstić information content (AvgIpc) is 3.21. The fourth-order valence-corrected chi connectivity index (χ4v) is 3.84. The number of carbonyl (C=O) groups is 2. The molecular weight excluding hydrogens is 454 g/mol. The lowest BCUT2D eigenvalue weighted by molar-refractivity contribution is -0.117. The van der Waals surface area contributed by atoms with Crippen LogP contribution in [0.2, 0.25) is 5.02 Å². The van der Waals surface area contributed by atoms with Crippen LogP contribution < -0.4 is 20.5 Å². The van der Waals surface area contributed by atoms with Gasteiger partial charge in [0.15, 0.2) is 11.5 Å². The number of nitrogens with one attached hydrogen (secondary N) is 1. The summed E-state index contributed by atoms with van der Waals surface area (Å²) in [6.45, 7) is 11.3. The average molecular weight is 488 g/mol. The van der Waals surface area contributed by atoms with E-state index in [1.807, 2.05) is 40.7 Å². The van der Waals surface area contributed by atoms with Crippen LogP contribution in [0.25, 0.3) is 0 Å². The Morgan fingerprint density at radius 3 is 2.44 bits per heavy atom. The van der Waals surface area contributed by atoms with Crippen LogP contribution in [0.5, 0.6) is 11.5 Å². The maximum absolute atomic E-state index is 13.5. The Bertz CT molecular complexity index is 1060. The molecule has 0 atom stereocenters. The van der Waals surface area contributed by atoms with Gasteiger partial charge in [-0.2, -0.15) is 0 Å². The topological polar surface area (TPSA) is 93.9 Å². The smallest absolute Gasteiger partial charge is 0.254 e. The molecule has 2 amide bonds. The molecule has 8 heteroatoms. The van der Waals surface area contributed by atoms with Crippen molar-refractivity contribution in [1.82, 2.24) is 4.90 Å². The van der Waals surface area contributed by atoms with E-state index < -0.39 is 0 Å². The zero-order valence-electron chi connectivity index (χ0n) is 20.5. The molecule has 1 heterocycles. The fraction of sp³-hybridized carbons (Fsp3) is 0.462. The van der Waals surface area contributed by atoms with E-state index in [0.29, 0.717) is 47.3 Å². The summed E-state index contributed by atoms with van der Waals surface area (Å²) in [5.74, 6) is 0.925. The van der Waals surface area contributed by atoms with Crippen molar-refractivity contribution in [1.29, 1.82) is 0 Å². The zero-order chi connectivity index (χ0) is 25.1. The van der Waals surface area contributed by atoms with E-state index in [1.54, 1.807) is 35.2 Å². The Labute approximate surface area is 206 Å². The molecule has 0 spiro atoms. The van der Waals surface area contributed by atoms with E-state index in [4.69, 9.17) is 26.8 Å². The molecule has 0 fully saturated rings. The highest BCUT2D eigenvalue weighted by atomic mass is 35.5. The van der Waals surface area contributed by atoms with E-state index in [0.717, 1.165) is 5.56 Å². The Balaban J connectivity index is 1.86. The van der Waals surface area contributed by atoms with Gasteiger partial charge in [0.2, 0.25) is 12.7 Å². The van der Waals surface area contributed by atoms with Crippen molar-refractivity contribution in [2.24, 2.45) is 16.6 Å². The minimum Gasteiger partial charge on any atom is -0.454 e. The summed E-state index contributed by atoms with van der Waals surface area (Å²) in [7, 11) is 0. The van der Waals surface area contributed by atoms with E-state index in [1.165, 1.54) is 0 Å². The maximum atomic E-state index is 13.5. The second kappa shape index (κ2) is 10.2. The molecule has 0 saturated carbocycles. The monoisotopic (exact) mass is 487 g/mol. The molecule has 0 saturated heterocycles. The largest absolute Gasteiger partial charge is 0.454 e. The van der Waals surface area contributed by atoms with Gasteiger partial charge in [0.25, 0.3) is 5.91 Å². The lowest BCUT2D eigenvalue weighted by Gasteiger charge is -2.32. The van der Waals surface area contributed by atoms with Crippen LogP contribution in [-0.2, 0) is 11.3 Å². The minimum atomic E-state index is -0.309. The number of anilines is 1. The molecule has 1 aliphatic rings. The summed E-state index contributed by atoms with van der Waals surface area (Å²) in [5, 5.41) is 3.45. The van der Waals surface area contributed by atoms with Crippen LogP contribution in [-0.4, -0.2) is 36.6 Å². The van der Waals surface area contributed by atoms with E-state index in [9.17, 15) is 9.59 Å². The molecule has 0 unspecified atom stereocenters. The molecular formula is C26H34ClN3O4. The normalized spacial score (nSPS) is 13.0. The molecule has 0 radical (unpaired) electrons. The van der Waals surface area contributed by atoms with Gasteiger partial charge in [0.05, 0.1) is 0 Å². The van der Waals surface area contributed by atoms with E-state index in [2.05, 4.69) is 5.32 Å². The number of carbonyl (C=O) groups excluding carboxylic acids is 2. The number of rotatable bonds is 8. The number of benzene rings is 2. The second-order valence-electron chi connectivity index (χ2n) is 10.7. The van der Waals surface area contributed by atoms with Crippen molar-refractivity contribution < 1.29 is 19.1 Å². The van der Waals surface area contributed by atoms with Gasteiger partial charge in [-0.15, -0.1) is 0 Å². The van der Waals surface area contributed by atoms with E-state index in [-0.39, 0.29) is 36.0 Å². The molecule has 0 aromatic heterocycles. The number of nitrogens with zero attached hydrogens (tertiary/aromatic N) is 1. The summed E-state index contributed by atoms with van der Waals surface area (Å²) in [5.41, 5.74) is 7.40. The Morgan fingerprint density at radius 1 is 1.06 bits per heavy atom. The van der Waals surface area contributed by atoms with E-state index >= 15 is 0 Å². The molecule has 3 N–H and O–H groups in total. The van der Waals surface area contributed by atoms with Gasteiger partial charge >= 0.3 is 0 Å². The Kier molecular flexibility index (Phi) is 7.78. The number of ether oxygens (including phenoxy) is 2. The molecule has 2 aromatic rings. The quantitative estimate of drug-likeness (QED) is 0.542. The Hall–Kier alpha value is -2.77. The van der Waals surface area contributed by atoms with Crippen LogP contribution >= 0.6 is 11.6 Å². The molecule has 2 aromatic carbocycles. The molecule has 0 bridgehead atoms. The van der Waals surface area contributed by atoms with Crippen molar-refractivity contribution >= 4 is 29.1 Å². The first-order valence-corrected chi connectivity index (χ1v) is 11.7. The van der Waals surface area contributed by atoms with Crippen LogP contribution in [0.15, 0.2) is 36.4 Å². The lowest BCUT2D eigenvalue weighted by Crippen LogP contribution is -2.41. The standard InChI is InChI=1S/C26H34ClN3O4/c1-25(2,3)12-23(31)29-19-7-8-20(27)18(10-19)13-30(15-26(4,5)14-28)24(32)17-6-9-21-22(11-17)34-16-33-21/h6-11H,12-16,28H2,1-5H3,(H,29,31). The van der Waals surface area contributed by atoms with Gasteiger partial charge in [-0.25, -0.2) is 0 Å². The third-order valence-corrected chi connectivity index (χ3v) is 5.83. The summed E-state index contributed by atoms with van der Waals surface area (Å²) in [6, 6.07) is 10.5. The first-order chi connectivity index (χ1) is 15.9. The fourth-order valence-electron chi connectivity index (χ4n) is 3.66. The number of nitrogens with two attached hydrogens (primary N) is 1. The van der Waals surface area contributed by atoms with Crippen molar-refractivity contribution in [3.8, 4) is 11.5 Å². The predicted molar refractivity (Wildman–Crippen MR) is 134 cm³/mol. The van der Waals surface area contributed by atoms with Crippen molar-refractivity contribution in [2.75, 3.05) is 25.2 Å². The van der Waals surface area contributed by atoms with Crippen molar-refractivity contribution in [3.05, 3.63) is 52.5 Å². The number of hydrogen-bond donors (Lipinski definition) is 2. The maximum Gasteiger partial charge on any atom is 0.254 e. The third-order valence-electron chi connectivity index (χ3n) is 5.46. The van der Waals surface area contributed by atoms with Gasteiger partial charge < -0.3 is 25.4 Å². The van der Waals surface area contributed by atoms with Gasteiger partial charge in [-0.1, -0.05) is 46.2 Å². The summed E-state index contributed by atoms with van der Waals surface area (Å²) in [6.07, 6.45) is 0.393. The van der Waals surface area contributed by atoms with Gasteiger partial charge in [0.1, 0.15) is 0 Å². The highest BCUT2D eigenvalue weighted by molar-refractivity contribution is 6.31. The van der Waals surface area contributed by atoms with Crippen LogP contribution in [0.1, 0.15) is 57.0 Å². The van der Waals surface area contributed by atoms with Gasteiger partial charge in [-0.3, -0.25) is 9.59 Å². The van der Waals surface area contributed by atoms with Crippen LogP contribution in [0.4, 0.5) is 5.69 Å². The number of fused-ring (bicyclic) bond motifs is 1. The third kappa shape index (κ3) is 6.87. The van der Waals surface area contributed by atoms with Crippen LogP contribution in [0, 0.1) is 10.8 Å². The highest BCUT2D eigenvalue weighted by Crippen LogP contribution is 2.33. The first kappa shape index (κ1) is 25.8. The predicted octanol–water partition coefficient (Wildman–Crippen LogP) is 5.07. The van der Waals surface area contributed by atoms with Gasteiger partial charge in [-0.05, 0) is 59.3 Å². The van der Waals surface area contributed by atoms with Crippen molar-refractivity contribution in [3.63, 3.8) is 0 Å². The molecule has 34 heavy (non-hydrogen) atoms. The number of amides is 2. The molecule has 7 nitrogen and oxygen atoms in total. The summed E-state index contributed by atoms with van der Waals surface area (Å²) < 4.78 is 10.8. The molecule has 0 aliphatic carbocycles. The Morgan fingerprint density at radius 2 is 1.76 bits per heavy atom. The summed E-state index contributed by atoms with van der Waals surface area (Å²) >= 11 is 6.50. The van der Waals surface area contributed by atoms with Gasteiger partial charge in [0, 0.05) is 35.8 Å².